The van der Waals surface area contributed by atoms with Crippen LogP contribution in [0.4, 0.5) is 0 Å². The minimum Gasteiger partial charge on any atom is -0.387 e. The Morgan fingerprint density at radius 2 is 1.34 bits per heavy atom. The molecular formula is C26H50O6. The number of aliphatic hydroxyl groups excluding tert-OH is 1. The molecule has 0 bridgehead atoms. The van der Waals surface area contributed by atoms with Crippen molar-refractivity contribution in [2.24, 2.45) is 0 Å². The molecular weight excluding hydrogens is 408 g/mol. The van der Waals surface area contributed by atoms with Gasteiger partial charge in [-0.25, -0.2) is 0 Å². The summed E-state index contributed by atoms with van der Waals surface area (Å²) in [5.41, 5.74) is 0. The predicted octanol–water partition coefficient (Wildman–Crippen LogP) is 5.41. The molecule has 5 atom stereocenters. The maximum Gasteiger partial charge on any atom is 0.186 e. The van der Waals surface area contributed by atoms with Crippen LogP contribution in [0.15, 0.2) is 12.7 Å². The van der Waals surface area contributed by atoms with Crippen LogP contribution in [0.3, 0.4) is 0 Å². The highest BCUT2D eigenvalue weighted by atomic mass is 16.7. The van der Waals surface area contributed by atoms with E-state index in [0.717, 1.165) is 57.8 Å². The van der Waals surface area contributed by atoms with Gasteiger partial charge in [-0.2, -0.15) is 0 Å². The second kappa shape index (κ2) is 19.9. The van der Waals surface area contributed by atoms with E-state index in [-0.39, 0.29) is 0 Å². The zero-order valence-electron chi connectivity index (χ0n) is 21.0. The van der Waals surface area contributed by atoms with Gasteiger partial charge in [0.2, 0.25) is 0 Å². The molecule has 1 N–H and O–H groups in total. The van der Waals surface area contributed by atoms with Gasteiger partial charge in [0.05, 0.1) is 6.61 Å². The number of allylic oxidation sites excluding steroid dienone is 1. The third-order valence-electron chi connectivity index (χ3n) is 5.74. The smallest absolute Gasteiger partial charge is 0.186 e. The summed E-state index contributed by atoms with van der Waals surface area (Å²) in [7, 11) is 0. The topological polar surface area (TPSA) is 66.4 Å². The average Bonchev–Trinajstić information content (AvgIpc) is 2.79. The van der Waals surface area contributed by atoms with Gasteiger partial charge >= 0.3 is 0 Å². The molecule has 0 amide bonds. The number of hydrogen-bond donors (Lipinski definition) is 1. The van der Waals surface area contributed by atoms with Crippen LogP contribution in [-0.2, 0) is 23.7 Å². The molecule has 3 unspecified atom stereocenters. The normalized spacial score (nSPS) is 25.8. The van der Waals surface area contributed by atoms with Crippen molar-refractivity contribution in [3.05, 3.63) is 12.7 Å². The van der Waals surface area contributed by atoms with Crippen LogP contribution in [0.25, 0.3) is 0 Å². The fraction of sp³-hybridized carbons (Fsp3) is 0.923. The van der Waals surface area contributed by atoms with Crippen LogP contribution >= 0.6 is 0 Å². The predicted molar refractivity (Wildman–Crippen MR) is 129 cm³/mol. The number of ether oxygens (including phenoxy) is 5. The third kappa shape index (κ3) is 12.1. The van der Waals surface area contributed by atoms with E-state index in [9.17, 15) is 5.11 Å². The molecule has 1 heterocycles. The Morgan fingerprint density at radius 3 is 2.00 bits per heavy atom. The summed E-state index contributed by atoms with van der Waals surface area (Å²) < 4.78 is 30.4. The van der Waals surface area contributed by atoms with E-state index >= 15 is 0 Å². The van der Waals surface area contributed by atoms with Gasteiger partial charge in [-0.1, -0.05) is 59.0 Å². The van der Waals surface area contributed by atoms with Crippen molar-refractivity contribution in [1.82, 2.24) is 0 Å². The number of rotatable bonds is 21. The van der Waals surface area contributed by atoms with Crippen molar-refractivity contribution in [3.8, 4) is 0 Å². The molecule has 0 aromatic rings. The third-order valence-corrected chi connectivity index (χ3v) is 5.74. The van der Waals surface area contributed by atoms with Crippen LogP contribution in [0.1, 0.15) is 91.4 Å². The van der Waals surface area contributed by atoms with Crippen molar-refractivity contribution in [2.45, 2.75) is 122 Å². The molecule has 0 radical (unpaired) electrons. The highest BCUT2D eigenvalue weighted by molar-refractivity contribution is 4.92. The fourth-order valence-electron chi connectivity index (χ4n) is 3.65. The number of aliphatic hydroxyl groups is 1. The molecule has 1 saturated heterocycles. The first-order chi connectivity index (χ1) is 15.7. The van der Waals surface area contributed by atoms with E-state index in [1.54, 1.807) is 0 Å². The van der Waals surface area contributed by atoms with Gasteiger partial charge in [0.1, 0.15) is 24.4 Å². The minimum absolute atomic E-state index is 0.331. The van der Waals surface area contributed by atoms with Gasteiger partial charge < -0.3 is 28.8 Å². The molecule has 190 valence electrons. The van der Waals surface area contributed by atoms with Crippen molar-refractivity contribution in [2.75, 3.05) is 33.0 Å². The van der Waals surface area contributed by atoms with Gasteiger partial charge in [-0.3, -0.25) is 0 Å². The summed E-state index contributed by atoms with van der Waals surface area (Å²) in [4.78, 5) is 0. The summed E-state index contributed by atoms with van der Waals surface area (Å²) >= 11 is 0. The summed E-state index contributed by atoms with van der Waals surface area (Å²) in [5.74, 6) is 0. The SMILES string of the molecule is C=CCCCCCCO[C@@H]1OC(COCCCC)[C@@H](O)C(OCCCC)C1OCCCC. The molecule has 6 heteroatoms. The van der Waals surface area contributed by atoms with Crippen LogP contribution in [0.2, 0.25) is 0 Å². The van der Waals surface area contributed by atoms with Gasteiger partial charge in [-0.15, -0.1) is 6.58 Å². The molecule has 0 aliphatic carbocycles. The second-order valence-electron chi connectivity index (χ2n) is 8.70. The number of hydrogen-bond acceptors (Lipinski definition) is 6. The van der Waals surface area contributed by atoms with Crippen LogP contribution in [0.5, 0.6) is 0 Å². The van der Waals surface area contributed by atoms with Crippen LogP contribution in [0, 0.1) is 0 Å². The lowest BCUT2D eigenvalue weighted by Crippen LogP contribution is -2.61. The monoisotopic (exact) mass is 458 g/mol. The quantitative estimate of drug-likeness (QED) is 0.183. The van der Waals surface area contributed by atoms with Crippen molar-refractivity contribution < 1.29 is 28.8 Å². The molecule has 0 spiro atoms. The minimum atomic E-state index is -0.807. The van der Waals surface area contributed by atoms with E-state index < -0.39 is 30.7 Å². The molecule has 1 aliphatic heterocycles. The lowest BCUT2D eigenvalue weighted by molar-refractivity contribution is -0.318. The molecule has 32 heavy (non-hydrogen) atoms. The van der Waals surface area contributed by atoms with E-state index in [2.05, 4.69) is 27.4 Å². The first-order valence-electron chi connectivity index (χ1n) is 13.1. The van der Waals surface area contributed by atoms with Gasteiger partial charge in [0.25, 0.3) is 0 Å². The largest absolute Gasteiger partial charge is 0.387 e. The standard InChI is InChI=1S/C26H50O6/c1-5-9-13-14-15-16-20-31-26-25(30-19-12-8-4)24(29-18-11-7-3)23(27)22(32-26)21-28-17-10-6-2/h5,22-27H,1,6-21H2,2-4H3/t22?,23-,24?,25?,26-/m1/s1. The van der Waals surface area contributed by atoms with Crippen LogP contribution in [-0.4, -0.2) is 68.8 Å². The van der Waals surface area contributed by atoms with E-state index in [4.69, 9.17) is 23.7 Å². The average molecular weight is 459 g/mol. The number of unbranched alkanes of at least 4 members (excludes halogenated alkanes) is 7. The maximum absolute atomic E-state index is 11.0. The van der Waals surface area contributed by atoms with E-state index in [0.29, 0.717) is 33.0 Å². The molecule has 0 aromatic carbocycles. The molecule has 0 aromatic heterocycles. The Hall–Kier alpha value is -0.500. The molecule has 1 aliphatic rings. The van der Waals surface area contributed by atoms with Crippen molar-refractivity contribution in [3.63, 3.8) is 0 Å². The lowest BCUT2D eigenvalue weighted by atomic mass is 9.98. The Morgan fingerprint density at radius 1 is 0.750 bits per heavy atom. The highest BCUT2D eigenvalue weighted by Gasteiger charge is 2.47. The first-order valence-corrected chi connectivity index (χ1v) is 13.1. The molecule has 1 fully saturated rings. The van der Waals surface area contributed by atoms with Gasteiger partial charge in [0.15, 0.2) is 6.29 Å². The fourth-order valence-corrected chi connectivity index (χ4v) is 3.65. The lowest BCUT2D eigenvalue weighted by Gasteiger charge is -2.44. The summed E-state index contributed by atoms with van der Waals surface area (Å²) in [6.45, 7) is 13.0. The second-order valence-corrected chi connectivity index (χ2v) is 8.70. The van der Waals surface area contributed by atoms with Gasteiger partial charge in [-0.05, 0) is 38.5 Å². The Labute approximate surface area is 197 Å². The molecule has 6 nitrogen and oxygen atoms in total. The van der Waals surface area contributed by atoms with Crippen molar-refractivity contribution >= 4 is 0 Å². The summed E-state index contributed by atoms with van der Waals surface area (Å²) in [5, 5.41) is 11.0. The highest BCUT2D eigenvalue weighted by Crippen LogP contribution is 2.28. The Bertz CT molecular complexity index is 433. The van der Waals surface area contributed by atoms with Crippen LogP contribution < -0.4 is 0 Å². The molecule has 1 rings (SSSR count). The first kappa shape index (κ1) is 29.5. The zero-order valence-corrected chi connectivity index (χ0v) is 21.0. The Kier molecular flexibility index (Phi) is 18.4. The molecule has 0 saturated carbocycles. The Balaban J connectivity index is 2.74. The van der Waals surface area contributed by atoms with E-state index in [1.807, 2.05) is 6.08 Å². The zero-order chi connectivity index (χ0) is 23.4. The maximum atomic E-state index is 11.0. The van der Waals surface area contributed by atoms with Gasteiger partial charge in [0, 0.05) is 26.4 Å². The summed E-state index contributed by atoms with van der Waals surface area (Å²) in [6, 6.07) is 0. The summed E-state index contributed by atoms with van der Waals surface area (Å²) in [6.07, 6.45) is 10.7. The van der Waals surface area contributed by atoms with Crippen molar-refractivity contribution in [1.29, 1.82) is 0 Å². The van der Waals surface area contributed by atoms with E-state index in [1.165, 1.54) is 12.8 Å².